The van der Waals surface area contributed by atoms with Crippen molar-refractivity contribution in [3.8, 4) is 34.5 Å². The molecule has 10 heterocycles. The van der Waals surface area contributed by atoms with Crippen LogP contribution in [0.1, 0.15) is 104 Å². The maximum atomic E-state index is 15.2. The molecular weight excluding hydrogens is 1250 g/mol. The number of fused-ring (bicyclic) bond motifs is 10. The van der Waals surface area contributed by atoms with Crippen LogP contribution in [-0.2, 0) is 60.1 Å². The fourth-order valence-electron chi connectivity index (χ4n) is 19.8. The summed E-state index contributed by atoms with van der Waals surface area (Å²) in [6.45, 7) is 9.32. The molecule has 2 bridgehead atoms. The van der Waals surface area contributed by atoms with Crippen LogP contribution in [0.3, 0.4) is 0 Å². The van der Waals surface area contributed by atoms with Crippen LogP contribution < -0.4 is 34.3 Å². The Hall–Kier alpha value is -7.27. The molecule has 2 unspecified atom stereocenters. The third-order valence-corrected chi connectivity index (χ3v) is 24.0. The van der Waals surface area contributed by atoms with Crippen molar-refractivity contribution in [3.63, 3.8) is 0 Å². The first-order valence-corrected chi connectivity index (χ1v) is 33.8. The standard InChI is InChI=1S/C43H55N5O7.C29H32O13/c1-6-39(52)21-25-22-42(38(51)55-5,33-27(13-17-47(23-25)24-39)26-11-8-9-12-30(26)45-33)29-19-28-31(20-32(29)54-4)46(3)35-41(28)15-18-48-16-10-14-40(7-2,34(41)48)36(49)43(35,53)37(44)50;1-11-36-9-20-27(40-11)24(31)25(32)29(41-20)42-26-14-7-17-16(38-10-39-17)6-13(14)21(22-15(26)8-37-28(22)33)12-4-18(34-2)23(30)19(5-12)35-3/h8-12,14,19-20,25,34-36,45,49,52-53H,6-7,13,15-18,21-24H2,1-5H3,(H2,44,50);4-7,11,15,20-22,24-27,29-32H,8-10H2,1-3H3/t25-,34+,35-,36-,39+,40-,41-,42+,43+;11-,15?,20-,21-,22+,24-,25-,26?,27-,29+/m11/s1. The lowest BCUT2D eigenvalue weighted by molar-refractivity contribution is -0.364. The second-order valence-corrected chi connectivity index (χ2v) is 28.5. The Morgan fingerprint density at radius 2 is 1.57 bits per heavy atom. The summed E-state index contributed by atoms with van der Waals surface area (Å²) in [6.07, 6.45) is -1.02. The Morgan fingerprint density at radius 1 is 0.835 bits per heavy atom. The molecule has 1 aromatic heterocycles. The number of para-hydroxylation sites is 1. The van der Waals surface area contributed by atoms with Crippen molar-refractivity contribution in [1.82, 2.24) is 14.8 Å². The van der Waals surface area contributed by atoms with Gasteiger partial charge in [-0.2, -0.15) is 0 Å². The fraction of sp³-hybridized carbons (Fsp3) is 0.569. The Labute approximate surface area is 561 Å². The van der Waals surface area contributed by atoms with Gasteiger partial charge in [0.05, 0.1) is 65.3 Å². The van der Waals surface area contributed by atoms with E-state index >= 15 is 4.79 Å². The Balaban J connectivity index is 0.000000165. The number of ether oxygens (including phenoxy) is 11. The Kier molecular flexibility index (Phi) is 16.2. The van der Waals surface area contributed by atoms with Crippen LogP contribution in [-0.4, -0.2) is 218 Å². The first-order chi connectivity index (χ1) is 46.6. The number of nitrogens with zero attached hydrogens (tertiary/aromatic N) is 3. The van der Waals surface area contributed by atoms with Gasteiger partial charge in [-0.3, -0.25) is 24.2 Å². The topological polar surface area (TPSA) is 326 Å². The van der Waals surface area contributed by atoms with Crippen LogP contribution in [0.15, 0.2) is 72.8 Å². The maximum Gasteiger partial charge on any atom is 0.322 e. The number of primary amides is 1. The average Bonchev–Trinajstić information content (AvgIpc) is 1.51. The highest BCUT2D eigenvalue weighted by molar-refractivity contribution is 5.95. The number of carbonyl (C=O) groups is 3. The molecular formula is C72H87N5O20. The molecule has 520 valence electrons. The number of aliphatic hydroxyl groups excluding tert-OH is 3. The molecule has 5 saturated heterocycles. The number of rotatable bonds is 11. The number of methoxy groups -OCH3 is 4. The van der Waals surface area contributed by atoms with Crippen molar-refractivity contribution in [3.05, 3.63) is 112 Å². The fourth-order valence-corrected chi connectivity index (χ4v) is 19.8. The number of esters is 2. The van der Waals surface area contributed by atoms with Crippen LogP contribution in [0.4, 0.5) is 5.69 Å². The third-order valence-electron chi connectivity index (χ3n) is 24.0. The van der Waals surface area contributed by atoms with Gasteiger partial charge in [-0.1, -0.05) is 44.2 Å². The number of aromatic amines is 1. The van der Waals surface area contributed by atoms with Gasteiger partial charge >= 0.3 is 11.9 Å². The molecule has 25 nitrogen and oxygen atoms in total. The monoisotopic (exact) mass is 1340 g/mol. The van der Waals surface area contributed by atoms with Gasteiger partial charge in [-0.05, 0) is 122 Å². The number of hydrogen-bond acceptors (Lipinski definition) is 23. The lowest BCUT2D eigenvalue weighted by Crippen LogP contribution is -2.81. The smallest absolute Gasteiger partial charge is 0.322 e. The van der Waals surface area contributed by atoms with Gasteiger partial charge < -0.3 is 98.4 Å². The minimum atomic E-state index is -2.30. The summed E-state index contributed by atoms with van der Waals surface area (Å²) in [5.41, 5.74) is 6.74. The van der Waals surface area contributed by atoms with Gasteiger partial charge in [0, 0.05) is 95.8 Å². The minimum Gasteiger partial charge on any atom is -0.502 e. The van der Waals surface area contributed by atoms with Gasteiger partial charge in [0.1, 0.15) is 41.7 Å². The first kappa shape index (κ1) is 65.7. The number of aromatic hydroxyl groups is 1. The molecule has 9 aliphatic heterocycles. The Morgan fingerprint density at radius 3 is 2.27 bits per heavy atom. The van der Waals surface area contributed by atoms with Crippen LogP contribution in [0.2, 0.25) is 0 Å². The summed E-state index contributed by atoms with van der Waals surface area (Å²) >= 11 is 0. The number of cyclic esters (lactones) is 1. The van der Waals surface area contributed by atoms with E-state index in [4.69, 9.17) is 57.8 Å². The molecule has 4 aromatic carbocycles. The van der Waals surface area contributed by atoms with E-state index in [0.717, 1.165) is 46.5 Å². The first-order valence-electron chi connectivity index (χ1n) is 33.8. The summed E-state index contributed by atoms with van der Waals surface area (Å²) < 4.78 is 63.7. The summed E-state index contributed by atoms with van der Waals surface area (Å²) in [6, 6.07) is 17.9. The molecule has 1 spiro atoms. The normalized spacial score (nSPS) is 37.9. The second kappa shape index (κ2) is 24.0. The molecule has 97 heavy (non-hydrogen) atoms. The zero-order valence-electron chi connectivity index (χ0n) is 55.7. The molecule has 5 aromatic rings. The van der Waals surface area contributed by atoms with E-state index in [1.807, 2.05) is 62.2 Å². The van der Waals surface area contributed by atoms with E-state index in [-0.39, 0.29) is 49.2 Å². The highest BCUT2D eigenvalue weighted by Gasteiger charge is 2.78. The van der Waals surface area contributed by atoms with Crippen LogP contribution in [0, 0.1) is 23.2 Å². The quantitative estimate of drug-likeness (QED) is 0.0682. The molecule has 9 N–H and O–H groups in total. The van der Waals surface area contributed by atoms with E-state index < -0.39 is 118 Å². The highest BCUT2D eigenvalue weighted by atomic mass is 16.8. The van der Waals surface area contributed by atoms with E-state index in [0.29, 0.717) is 97.7 Å². The second-order valence-electron chi connectivity index (χ2n) is 28.5. The minimum absolute atomic E-state index is 0.0301. The van der Waals surface area contributed by atoms with E-state index in [1.165, 1.54) is 21.3 Å². The SMILES string of the molecule is CC[C@]1(O)C[C@H]2C[N@](CCc3c([nH]c4ccccc34)[C@@](C(=O)OC)(c3cc4c(cc3OC)N(C)[C@H]3[C@@](O)(C(N)=O)[C@H](O)[C@]5(CC)C=CCN6CC[C@]43[C@@H]65)C2)C1.COc1cc([C@@H]2c3cc4c(cc3C(O[C@@H]3O[C@@H]5CO[C@@H](C)O[C@H]5[C@H](O)[C@H]3O)C3COC(=O)[C@@H]32)OCO4)cc(OC)c1O. The zero-order valence-corrected chi connectivity index (χ0v) is 55.7. The summed E-state index contributed by atoms with van der Waals surface area (Å²) in [5, 5.41) is 70.5. The number of phenolic OH excluding ortho intramolecular Hbond substituents is 1. The van der Waals surface area contributed by atoms with E-state index in [9.17, 15) is 40.2 Å². The molecule has 20 atom stereocenters. The third kappa shape index (κ3) is 9.52. The largest absolute Gasteiger partial charge is 0.502 e. The predicted molar refractivity (Wildman–Crippen MR) is 346 cm³/mol. The van der Waals surface area contributed by atoms with Gasteiger partial charge in [0.25, 0.3) is 5.91 Å². The highest BCUT2D eigenvalue weighted by Crippen LogP contribution is 2.68. The van der Waals surface area contributed by atoms with E-state index in [2.05, 4.69) is 26.9 Å². The van der Waals surface area contributed by atoms with Gasteiger partial charge in [-0.25, -0.2) is 0 Å². The molecule has 1 amide bonds. The molecule has 25 heteroatoms. The van der Waals surface area contributed by atoms with Crippen molar-refractivity contribution < 1.29 is 97.1 Å². The van der Waals surface area contributed by atoms with Crippen molar-refractivity contribution in [1.29, 1.82) is 0 Å². The van der Waals surface area contributed by atoms with Crippen LogP contribution in [0.25, 0.3) is 10.9 Å². The number of amides is 1. The summed E-state index contributed by atoms with van der Waals surface area (Å²) in [7, 11) is 7.75. The molecule has 6 fully saturated rings. The number of anilines is 1. The van der Waals surface area contributed by atoms with Gasteiger partial charge in [0.2, 0.25) is 12.5 Å². The van der Waals surface area contributed by atoms with Gasteiger partial charge in [0.15, 0.2) is 41.2 Å². The number of benzene rings is 4. The number of piperidine rings is 1. The lowest BCUT2D eigenvalue weighted by Gasteiger charge is -2.63. The molecule has 11 aliphatic rings. The number of nitrogens with one attached hydrogen (secondary N) is 1. The molecule has 1 saturated carbocycles. The predicted octanol–water partition coefficient (Wildman–Crippen LogP) is 4.07. The summed E-state index contributed by atoms with van der Waals surface area (Å²) in [4.78, 5) is 52.6. The van der Waals surface area contributed by atoms with Crippen molar-refractivity contribution in [2.45, 2.75) is 149 Å². The number of H-pyrrole nitrogens is 1. The van der Waals surface area contributed by atoms with Gasteiger partial charge in [-0.15, -0.1) is 0 Å². The van der Waals surface area contributed by atoms with Crippen molar-refractivity contribution in [2.24, 2.45) is 28.9 Å². The van der Waals surface area contributed by atoms with Crippen molar-refractivity contribution in [2.75, 3.05) is 93.1 Å². The number of aliphatic hydroxyl groups is 5. The maximum absolute atomic E-state index is 15.2. The number of likely N-dealkylation sites (N-methyl/N-ethyl adjacent to an activating group) is 1. The summed E-state index contributed by atoms with van der Waals surface area (Å²) in [5.74, 6) is -2.03. The number of nitrogens with two attached hydrogens (primary N) is 1. The van der Waals surface area contributed by atoms with Crippen molar-refractivity contribution >= 4 is 34.4 Å². The number of carbonyl (C=O) groups excluding carboxylic acids is 3. The average molecular weight is 1340 g/mol. The molecule has 2 aliphatic carbocycles. The molecule has 0 radical (unpaired) electrons. The lowest BCUT2D eigenvalue weighted by atomic mass is 9.47. The van der Waals surface area contributed by atoms with E-state index in [1.54, 1.807) is 38.3 Å². The number of phenols is 1. The Bertz CT molecular complexity index is 3970. The zero-order chi connectivity index (χ0) is 68.2. The number of aromatic nitrogens is 1. The van der Waals surface area contributed by atoms with Crippen LogP contribution >= 0.6 is 0 Å². The van der Waals surface area contributed by atoms with Crippen LogP contribution in [0.5, 0.6) is 34.5 Å². The molecule has 16 rings (SSSR count). The number of hydrogen-bond donors (Lipinski definition) is 8.